The number of nitrogens with one attached hydrogen (secondary N) is 2. The summed E-state index contributed by atoms with van der Waals surface area (Å²) in [6, 6.07) is 10.6. The van der Waals surface area contributed by atoms with E-state index in [1.165, 1.54) is 0 Å². The van der Waals surface area contributed by atoms with Crippen LogP contribution in [-0.4, -0.2) is 17.9 Å². The molecule has 116 valence electrons. The molecule has 0 saturated heterocycles. The van der Waals surface area contributed by atoms with Gasteiger partial charge in [0.15, 0.2) is 6.10 Å². The van der Waals surface area contributed by atoms with Crippen LogP contribution in [0.1, 0.15) is 28.8 Å². The van der Waals surface area contributed by atoms with Gasteiger partial charge in [-0.3, -0.25) is 20.4 Å². The molecule has 0 fully saturated rings. The van der Waals surface area contributed by atoms with Crippen molar-refractivity contribution in [3.8, 4) is 5.75 Å². The number of furan rings is 1. The molecule has 2 amide bonds. The minimum absolute atomic E-state index is 0.384. The van der Waals surface area contributed by atoms with Crippen LogP contribution in [0.3, 0.4) is 0 Å². The van der Waals surface area contributed by atoms with Crippen LogP contribution in [0, 0.1) is 13.8 Å². The van der Waals surface area contributed by atoms with Crippen LogP contribution in [0.25, 0.3) is 0 Å². The number of carbonyl (C=O) groups is 2. The molecule has 0 saturated carbocycles. The van der Waals surface area contributed by atoms with Gasteiger partial charge < -0.3 is 9.15 Å². The molecular weight excluding hydrogens is 284 g/mol. The molecule has 0 aliphatic rings. The summed E-state index contributed by atoms with van der Waals surface area (Å²) in [5.74, 6) is 0.829. The molecule has 1 heterocycles. The number of rotatable bonds is 4. The number of ether oxygens (including phenoxy) is 1. The van der Waals surface area contributed by atoms with Crippen LogP contribution in [0.2, 0.25) is 0 Å². The van der Waals surface area contributed by atoms with E-state index in [9.17, 15) is 9.59 Å². The van der Waals surface area contributed by atoms with E-state index in [4.69, 9.17) is 9.15 Å². The molecule has 0 spiro atoms. The van der Waals surface area contributed by atoms with Gasteiger partial charge >= 0.3 is 0 Å². The summed E-state index contributed by atoms with van der Waals surface area (Å²) in [5, 5.41) is 0. The molecular formula is C16H18N2O4. The summed E-state index contributed by atoms with van der Waals surface area (Å²) >= 11 is 0. The first-order valence-electron chi connectivity index (χ1n) is 6.86. The Kier molecular flexibility index (Phi) is 4.83. The highest BCUT2D eigenvalue weighted by Gasteiger charge is 2.17. The summed E-state index contributed by atoms with van der Waals surface area (Å²) in [5.41, 5.74) is 5.06. The summed E-state index contributed by atoms with van der Waals surface area (Å²) < 4.78 is 10.7. The average molecular weight is 302 g/mol. The smallest absolute Gasteiger partial charge is 0.279 e. The number of hydrogen-bond acceptors (Lipinski definition) is 4. The molecule has 1 unspecified atom stereocenters. The largest absolute Gasteiger partial charge is 0.481 e. The monoisotopic (exact) mass is 302 g/mol. The van der Waals surface area contributed by atoms with Crippen LogP contribution in [0.5, 0.6) is 5.75 Å². The van der Waals surface area contributed by atoms with Crippen molar-refractivity contribution in [1.29, 1.82) is 0 Å². The van der Waals surface area contributed by atoms with Gasteiger partial charge in [0.05, 0.1) is 5.56 Å². The standard InChI is InChI=1S/C16H18N2O4/c1-10-9-14(11(2)21-10)16(20)18-17-15(19)12(3)22-13-7-5-4-6-8-13/h4-9,12H,1-3H3,(H,17,19)(H,18,20). The zero-order valence-corrected chi connectivity index (χ0v) is 12.7. The maximum absolute atomic E-state index is 11.9. The van der Waals surface area contributed by atoms with E-state index < -0.39 is 17.9 Å². The quantitative estimate of drug-likeness (QED) is 0.848. The Balaban J connectivity index is 1.87. The van der Waals surface area contributed by atoms with E-state index in [0.29, 0.717) is 22.8 Å². The van der Waals surface area contributed by atoms with Crippen molar-refractivity contribution in [3.63, 3.8) is 0 Å². The zero-order chi connectivity index (χ0) is 16.1. The second-order valence-corrected chi connectivity index (χ2v) is 4.84. The molecule has 6 nitrogen and oxygen atoms in total. The fourth-order valence-corrected chi connectivity index (χ4v) is 1.90. The predicted molar refractivity (Wildman–Crippen MR) is 80.3 cm³/mol. The van der Waals surface area contributed by atoms with Gasteiger partial charge in [0, 0.05) is 0 Å². The number of amides is 2. The van der Waals surface area contributed by atoms with Crippen molar-refractivity contribution < 1.29 is 18.7 Å². The average Bonchev–Trinajstić information content (AvgIpc) is 2.84. The topological polar surface area (TPSA) is 80.6 Å². The van der Waals surface area contributed by atoms with Crippen LogP contribution >= 0.6 is 0 Å². The Morgan fingerprint density at radius 2 is 1.82 bits per heavy atom. The second kappa shape index (κ2) is 6.80. The van der Waals surface area contributed by atoms with Gasteiger partial charge in [-0.1, -0.05) is 18.2 Å². The lowest BCUT2D eigenvalue weighted by Gasteiger charge is -2.14. The first kappa shape index (κ1) is 15.6. The molecule has 2 aromatic rings. The zero-order valence-electron chi connectivity index (χ0n) is 12.7. The van der Waals surface area contributed by atoms with Crippen molar-refractivity contribution >= 4 is 11.8 Å². The second-order valence-electron chi connectivity index (χ2n) is 4.84. The molecule has 6 heteroatoms. The van der Waals surface area contributed by atoms with E-state index in [0.717, 1.165) is 0 Å². The Labute approximate surface area is 128 Å². The molecule has 22 heavy (non-hydrogen) atoms. The number of para-hydroxylation sites is 1. The molecule has 2 rings (SSSR count). The van der Waals surface area contributed by atoms with Crippen LogP contribution in [-0.2, 0) is 4.79 Å². The van der Waals surface area contributed by atoms with Gasteiger partial charge in [-0.05, 0) is 39.0 Å². The highest BCUT2D eigenvalue weighted by Crippen LogP contribution is 2.13. The van der Waals surface area contributed by atoms with Crippen molar-refractivity contribution in [2.24, 2.45) is 0 Å². The maximum atomic E-state index is 11.9. The van der Waals surface area contributed by atoms with Crippen molar-refractivity contribution in [2.75, 3.05) is 0 Å². The van der Waals surface area contributed by atoms with Crippen molar-refractivity contribution in [2.45, 2.75) is 26.9 Å². The predicted octanol–water partition coefficient (Wildman–Crippen LogP) is 2.12. The van der Waals surface area contributed by atoms with E-state index in [1.54, 1.807) is 39.0 Å². The first-order valence-corrected chi connectivity index (χ1v) is 6.86. The van der Waals surface area contributed by atoms with Gasteiger partial charge in [0.1, 0.15) is 17.3 Å². The van der Waals surface area contributed by atoms with Crippen LogP contribution in [0.4, 0.5) is 0 Å². The van der Waals surface area contributed by atoms with E-state index in [1.807, 2.05) is 18.2 Å². The summed E-state index contributed by atoms with van der Waals surface area (Å²) in [7, 11) is 0. The van der Waals surface area contributed by atoms with Gasteiger partial charge in [0.25, 0.3) is 11.8 Å². The van der Waals surface area contributed by atoms with E-state index >= 15 is 0 Å². The number of hydrogen-bond donors (Lipinski definition) is 2. The SMILES string of the molecule is Cc1cc(C(=O)NNC(=O)C(C)Oc2ccccc2)c(C)o1. The van der Waals surface area contributed by atoms with Crippen molar-refractivity contribution in [1.82, 2.24) is 10.9 Å². The van der Waals surface area contributed by atoms with Gasteiger partial charge in [-0.2, -0.15) is 0 Å². The minimum Gasteiger partial charge on any atom is -0.481 e. The Bertz CT molecular complexity index is 664. The number of aryl methyl sites for hydroxylation is 2. The number of carbonyl (C=O) groups excluding carboxylic acids is 2. The van der Waals surface area contributed by atoms with Crippen LogP contribution in [0.15, 0.2) is 40.8 Å². The molecule has 1 aromatic heterocycles. The molecule has 1 atom stereocenters. The molecule has 0 radical (unpaired) electrons. The van der Waals surface area contributed by atoms with Crippen LogP contribution < -0.4 is 15.6 Å². The van der Waals surface area contributed by atoms with E-state index in [2.05, 4.69) is 10.9 Å². The molecule has 2 N–H and O–H groups in total. The minimum atomic E-state index is -0.741. The lowest BCUT2D eigenvalue weighted by atomic mass is 10.2. The third kappa shape index (κ3) is 3.88. The van der Waals surface area contributed by atoms with Crippen molar-refractivity contribution in [3.05, 3.63) is 53.5 Å². The van der Waals surface area contributed by atoms with Gasteiger partial charge in [-0.25, -0.2) is 0 Å². The first-order chi connectivity index (χ1) is 10.5. The maximum Gasteiger partial charge on any atom is 0.279 e. The third-order valence-electron chi connectivity index (χ3n) is 3.01. The fraction of sp³-hybridized carbons (Fsp3) is 0.250. The lowest BCUT2D eigenvalue weighted by Crippen LogP contribution is -2.47. The molecule has 0 aliphatic heterocycles. The summed E-state index contributed by atoms with van der Waals surface area (Å²) in [4.78, 5) is 23.8. The fourth-order valence-electron chi connectivity index (χ4n) is 1.90. The molecule has 1 aromatic carbocycles. The normalized spacial score (nSPS) is 11.6. The highest BCUT2D eigenvalue weighted by atomic mass is 16.5. The summed E-state index contributed by atoms with van der Waals surface area (Å²) in [6.07, 6.45) is -0.741. The number of benzene rings is 1. The lowest BCUT2D eigenvalue weighted by molar-refractivity contribution is -0.128. The Hall–Kier alpha value is -2.76. The molecule has 0 aliphatic carbocycles. The number of hydrazine groups is 1. The Morgan fingerprint density at radius 1 is 1.14 bits per heavy atom. The van der Waals surface area contributed by atoms with E-state index in [-0.39, 0.29) is 0 Å². The van der Waals surface area contributed by atoms with Gasteiger partial charge in [-0.15, -0.1) is 0 Å². The summed E-state index contributed by atoms with van der Waals surface area (Å²) in [6.45, 7) is 5.03. The highest BCUT2D eigenvalue weighted by molar-refractivity contribution is 5.96. The Morgan fingerprint density at radius 3 is 2.41 bits per heavy atom. The van der Waals surface area contributed by atoms with Gasteiger partial charge in [0.2, 0.25) is 0 Å². The molecule has 0 bridgehead atoms. The third-order valence-corrected chi connectivity index (χ3v) is 3.01.